The SMILES string of the molecule is CCc1noc(CN2C[C@@H]3[C@H](CNC(=O)c4ccccc4)[C@H]4CC[C@]3(C2)O4)n1. The summed E-state index contributed by atoms with van der Waals surface area (Å²) >= 11 is 0. The van der Waals surface area contributed by atoms with Crippen molar-refractivity contribution >= 4 is 5.91 Å². The number of carbonyl (C=O) groups is 1. The van der Waals surface area contributed by atoms with Crippen LogP contribution in [0.4, 0.5) is 0 Å². The predicted molar refractivity (Wildman–Crippen MR) is 102 cm³/mol. The van der Waals surface area contributed by atoms with Gasteiger partial charge in [-0.25, -0.2) is 0 Å². The molecular formula is C21H26N4O3. The first-order chi connectivity index (χ1) is 13.7. The minimum Gasteiger partial charge on any atom is -0.370 e. The second-order valence-electron chi connectivity index (χ2n) is 8.23. The topological polar surface area (TPSA) is 80.5 Å². The van der Waals surface area contributed by atoms with Gasteiger partial charge in [0.2, 0.25) is 5.89 Å². The van der Waals surface area contributed by atoms with Crippen molar-refractivity contribution in [3.8, 4) is 0 Å². The molecule has 0 radical (unpaired) electrons. The Balaban J connectivity index is 1.24. The maximum Gasteiger partial charge on any atom is 0.251 e. The van der Waals surface area contributed by atoms with Crippen molar-refractivity contribution in [3.05, 3.63) is 47.6 Å². The molecule has 5 rings (SSSR count). The van der Waals surface area contributed by atoms with Crippen LogP contribution in [0.1, 0.15) is 41.8 Å². The van der Waals surface area contributed by atoms with Gasteiger partial charge in [-0.3, -0.25) is 9.69 Å². The van der Waals surface area contributed by atoms with E-state index in [-0.39, 0.29) is 17.6 Å². The lowest BCUT2D eigenvalue weighted by Gasteiger charge is -2.29. The summed E-state index contributed by atoms with van der Waals surface area (Å²) in [6, 6.07) is 9.40. The van der Waals surface area contributed by atoms with E-state index in [0.29, 0.717) is 36.4 Å². The number of benzene rings is 1. The zero-order valence-corrected chi connectivity index (χ0v) is 16.1. The summed E-state index contributed by atoms with van der Waals surface area (Å²) in [5.41, 5.74) is 0.637. The number of nitrogens with zero attached hydrogens (tertiary/aromatic N) is 3. The number of likely N-dealkylation sites (tertiary alicyclic amines) is 1. The van der Waals surface area contributed by atoms with Crippen molar-refractivity contribution < 1.29 is 14.1 Å². The Labute approximate surface area is 164 Å². The molecular weight excluding hydrogens is 356 g/mol. The van der Waals surface area contributed by atoms with Crippen LogP contribution < -0.4 is 5.32 Å². The highest BCUT2D eigenvalue weighted by Gasteiger charge is 2.62. The molecule has 4 atom stereocenters. The largest absolute Gasteiger partial charge is 0.370 e. The standard InChI is InChI=1S/C21H26N4O3/c1-2-18-23-19(28-24-18)12-25-11-16-15(17-8-9-21(16,13-25)27-17)10-22-20(26)14-6-4-3-5-7-14/h3-7,15-17H,2,8-13H2,1H3,(H,22,26)/t15-,16+,17+,21+/m0/s1. The van der Waals surface area contributed by atoms with Crippen molar-refractivity contribution in [1.82, 2.24) is 20.4 Å². The molecule has 1 spiro atoms. The van der Waals surface area contributed by atoms with Gasteiger partial charge in [-0.2, -0.15) is 4.98 Å². The Morgan fingerprint density at radius 2 is 2.21 bits per heavy atom. The molecule has 2 aromatic rings. The van der Waals surface area contributed by atoms with Crippen molar-refractivity contribution in [3.63, 3.8) is 0 Å². The van der Waals surface area contributed by atoms with E-state index in [1.807, 2.05) is 37.3 Å². The molecule has 2 bridgehead atoms. The monoisotopic (exact) mass is 382 g/mol. The second kappa shape index (κ2) is 6.97. The van der Waals surface area contributed by atoms with Crippen molar-refractivity contribution in [1.29, 1.82) is 0 Å². The summed E-state index contributed by atoms with van der Waals surface area (Å²) < 4.78 is 11.8. The molecule has 3 aliphatic rings. The summed E-state index contributed by atoms with van der Waals surface area (Å²) in [5, 5.41) is 7.13. The fourth-order valence-corrected chi connectivity index (χ4v) is 5.27. The van der Waals surface area contributed by atoms with Crippen LogP contribution >= 0.6 is 0 Å². The van der Waals surface area contributed by atoms with E-state index in [9.17, 15) is 4.79 Å². The van der Waals surface area contributed by atoms with Gasteiger partial charge in [0.05, 0.1) is 18.2 Å². The van der Waals surface area contributed by atoms with Gasteiger partial charge in [-0.1, -0.05) is 30.3 Å². The number of aryl methyl sites for hydroxylation is 1. The highest BCUT2D eigenvalue weighted by Crippen LogP contribution is 2.54. The lowest BCUT2D eigenvalue weighted by molar-refractivity contribution is 0.00142. The fraction of sp³-hybridized carbons (Fsp3) is 0.571. The lowest BCUT2D eigenvalue weighted by Crippen LogP contribution is -2.41. The Morgan fingerprint density at radius 1 is 1.36 bits per heavy atom. The number of amides is 1. The molecule has 1 N–H and O–H groups in total. The number of rotatable bonds is 6. The number of carbonyl (C=O) groups excluding carboxylic acids is 1. The third-order valence-corrected chi connectivity index (χ3v) is 6.57. The average Bonchev–Trinajstić information content (AvgIpc) is 3.47. The minimum absolute atomic E-state index is 0.00904. The van der Waals surface area contributed by atoms with Crippen LogP contribution in [-0.4, -0.2) is 52.3 Å². The van der Waals surface area contributed by atoms with Crippen molar-refractivity contribution in [2.45, 2.75) is 44.4 Å². The van der Waals surface area contributed by atoms with Crippen LogP contribution in [-0.2, 0) is 17.7 Å². The van der Waals surface area contributed by atoms with E-state index in [2.05, 4.69) is 20.4 Å². The molecule has 28 heavy (non-hydrogen) atoms. The maximum absolute atomic E-state index is 12.4. The summed E-state index contributed by atoms with van der Waals surface area (Å²) in [7, 11) is 0. The molecule has 0 saturated carbocycles. The third-order valence-electron chi connectivity index (χ3n) is 6.57. The molecule has 7 nitrogen and oxygen atoms in total. The van der Waals surface area contributed by atoms with E-state index >= 15 is 0 Å². The fourth-order valence-electron chi connectivity index (χ4n) is 5.27. The number of ether oxygens (including phenoxy) is 1. The first kappa shape index (κ1) is 17.8. The van der Waals surface area contributed by atoms with Crippen LogP contribution in [0.5, 0.6) is 0 Å². The molecule has 148 valence electrons. The number of fused-ring (bicyclic) bond motifs is 1. The smallest absolute Gasteiger partial charge is 0.251 e. The van der Waals surface area contributed by atoms with Crippen LogP contribution in [0, 0.1) is 11.8 Å². The summed E-state index contributed by atoms with van der Waals surface area (Å²) in [5.74, 6) is 2.23. The molecule has 4 heterocycles. The molecule has 3 aliphatic heterocycles. The van der Waals surface area contributed by atoms with Gasteiger partial charge in [0, 0.05) is 43.5 Å². The summed E-state index contributed by atoms with van der Waals surface area (Å²) in [6.07, 6.45) is 3.23. The Hall–Kier alpha value is -2.25. The highest BCUT2D eigenvalue weighted by molar-refractivity contribution is 5.94. The molecule has 3 saturated heterocycles. The molecule has 1 aromatic carbocycles. The first-order valence-corrected chi connectivity index (χ1v) is 10.2. The Bertz CT molecular complexity index is 854. The molecule has 0 aliphatic carbocycles. The van der Waals surface area contributed by atoms with Gasteiger partial charge in [-0.15, -0.1) is 0 Å². The van der Waals surface area contributed by atoms with Crippen LogP contribution in [0.15, 0.2) is 34.9 Å². The molecule has 1 amide bonds. The lowest BCUT2D eigenvalue weighted by atomic mass is 9.73. The quantitative estimate of drug-likeness (QED) is 0.824. The van der Waals surface area contributed by atoms with Gasteiger partial charge in [0.15, 0.2) is 5.82 Å². The highest BCUT2D eigenvalue weighted by atomic mass is 16.5. The number of nitrogens with one attached hydrogen (secondary N) is 1. The summed E-state index contributed by atoms with van der Waals surface area (Å²) in [6.45, 7) is 5.21. The number of aromatic nitrogens is 2. The zero-order chi connectivity index (χ0) is 19.1. The summed E-state index contributed by atoms with van der Waals surface area (Å²) in [4.78, 5) is 19.3. The van der Waals surface area contributed by atoms with E-state index in [0.717, 1.165) is 38.2 Å². The second-order valence-corrected chi connectivity index (χ2v) is 8.23. The minimum atomic E-state index is -0.0690. The van der Waals surface area contributed by atoms with E-state index in [4.69, 9.17) is 9.26 Å². The van der Waals surface area contributed by atoms with Gasteiger partial charge in [0.1, 0.15) is 0 Å². The van der Waals surface area contributed by atoms with Gasteiger partial charge < -0.3 is 14.6 Å². The maximum atomic E-state index is 12.4. The molecule has 0 unspecified atom stereocenters. The normalized spacial score (nSPS) is 31.2. The Morgan fingerprint density at radius 3 is 3.00 bits per heavy atom. The van der Waals surface area contributed by atoms with Gasteiger partial charge in [0.25, 0.3) is 5.91 Å². The molecule has 3 fully saturated rings. The van der Waals surface area contributed by atoms with Crippen LogP contribution in [0.3, 0.4) is 0 Å². The average molecular weight is 382 g/mol. The van der Waals surface area contributed by atoms with Crippen molar-refractivity contribution in [2.75, 3.05) is 19.6 Å². The van der Waals surface area contributed by atoms with E-state index < -0.39 is 0 Å². The van der Waals surface area contributed by atoms with Crippen molar-refractivity contribution in [2.24, 2.45) is 11.8 Å². The van der Waals surface area contributed by atoms with Crippen LogP contribution in [0.2, 0.25) is 0 Å². The third kappa shape index (κ3) is 3.02. The predicted octanol–water partition coefficient (Wildman–Crippen LogP) is 2.04. The zero-order valence-electron chi connectivity index (χ0n) is 16.1. The van der Waals surface area contributed by atoms with E-state index in [1.165, 1.54) is 0 Å². The molecule has 1 aromatic heterocycles. The number of hydrogen-bond acceptors (Lipinski definition) is 6. The Kier molecular flexibility index (Phi) is 4.44. The van der Waals surface area contributed by atoms with E-state index in [1.54, 1.807) is 0 Å². The first-order valence-electron chi connectivity index (χ1n) is 10.2. The molecule has 7 heteroatoms. The van der Waals surface area contributed by atoms with Gasteiger partial charge >= 0.3 is 0 Å². The van der Waals surface area contributed by atoms with Gasteiger partial charge in [-0.05, 0) is 25.0 Å². The van der Waals surface area contributed by atoms with Crippen LogP contribution in [0.25, 0.3) is 0 Å². The number of hydrogen-bond donors (Lipinski definition) is 1.